The molecule has 15 nitrogen and oxygen atoms in total. The molecule has 1 aromatic carbocycles. The fraction of sp³-hybridized carbons (Fsp3) is 0.524. The molecule has 57 heavy (non-hydrogen) atoms. The summed E-state index contributed by atoms with van der Waals surface area (Å²) in [5.74, 6) is -9.47. The van der Waals surface area contributed by atoms with Crippen molar-refractivity contribution in [3.8, 4) is 11.5 Å². The molecular formula is C42H52N2O13. The molecule has 308 valence electrons. The van der Waals surface area contributed by atoms with E-state index in [0.29, 0.717) is 0 Å². The summed E-state index contributed by atoms with van der Waals surface area (Å²) in [6.45, 7) is 12.4. The second-order valence-electron chi connectivity index (χ2n) is 15.5. The number of amides is 1. The van der Waals surface area contributed by atoms with E-state index in [-0.39, 0.29) is 59.9 Å². The van der Waals surface area contributed by atoms with Crippen LogP contribution in [-0.4, -0.2) is 106 Å². The minimum absolute atomic E-state index is 0.0234. The van der Waals surface area contributed by atoms with Gasteiger partial charge in [0.05, 0.1) is 41.3 Å². The van der Waals surface area contributed by atoms with Crippen LogP contribution in [0, 0.1) is 30.6 Å². The highest BCUT2D eigenvalue weighted by atomic mass is 16.7. The summed E-state index contributed by atoms with van der Waals surface area (Å²) in [5, 5.41) is 36.8. The van der Waals surface area contributed by atoms with E-state index in [1.807, 2.05) is 0 Å². The maximum atomic E-state index is 14.7. The van der Waals surface area contributed by atoms with Gasteiger partial charge in [0.2, 0.25) is 11.6 Å². The average Bonchev–Trinajstić information content (AvgIpc) is 3.43. The van der Waals surface area contributed by atoms with Gasteiger partial charge in [-0.05, 0) is 19.9 Å². The molecule has 5 bridgehead atoms. The van der Waals surface area contributed by atoms with Crippen molar-refractivity contribution in [1.29, 1.82) is 0 Å². The van der Waals surface area contributed by atoms with E-state index in [1.54, 1.807) is 39.8 Å². The molecule has 15 heteroatoms. The molecule has 4 heterocycles. The van der Waals surface area contributed by atoms with Gasteiger partial charge in [0.1, 0.15) is 34.8 Å². The van der Waals surface area contributed by atoms with Crippen LogP contribution in [0.15, 0.2) is 47.5 Å². The maximum absolute atomic E-state index is 14.7. The monoisotopic (exact) mass is 792 g/mol. The number of piperidine rings is 1. The second kappa shape index (κ2) is 16.8. The lowest BCUT2D eigenvalue weighted by Gasteiger charge is -2.38. The number of benzene rings is 1. The van der Waals surface area contributed by atoms with Gasteiger partial charge in [-0.3, -0.25) is 28.8 Å². The Kier molecular flexibility index (Phi) is 12.7. The standard InChI is InChI=1S/C42H52N2O13/c1-19-11-10-12-20(2)41(53)43-31-32(44-16-13-26(46)14-17-44)37(51)28-29(36(31)50)35(49)24(6)39-30(28)40(52)42(8,57-39)55-18-15-27(54-9)21(3)38(56-25(7)45)23(5)34(48)22(4)33(19)47/h10-12,15,18-19,21-23,27,33-34,38,47-49H,13-14,16-17H2,1-9H3,(H,43,53)/b11-10+,18-15+,20-12-/t19-,21-,22-,23-,27+,33-,34-,38+,42+/m1/s1. The third-order valence-electron chi connectivity index (χ3n) is 11.6. The number of hydrogen-bond acceptors (Lipinski definition) is 14. The van der Waals surface area contributed by atoms with Crippen LogP contribution in [0.2, 0.25) is 0 Å². The van der Waals surface area contributed by atoms with Crippen molar-refractivity contribution in [2.24, 2.45) is 23.7 Å². The Morgan fingerprint density at radius 1 is 0.912 bits per heavy atom. The van der Waals surface area contributed by atoms with E-state index in [2.05, 4.69) is 5.32 Å². The molecule has 0 spiro atoms. The lowest BCUT2D eigenvalue weighted by Crippen LogP contribution is -2.46. The molecule has 5 aliphatic rings. The summed E-state index contributed by atoms with van der Waals surface area (Å²) in [6, 6.07) is 0. The number of nitrogens with zero attached hydrogens (tertiary/aromatic N) is 1. The molecule has 4 aliphatic heterocycles. The number of methoxy groups -OCH3 is 1. The normalized spacial score (nSPS) is 33.6. The Morgan fingerprint density at radius 3 is 2.18 bits per heavy atom. The largest absolute Gasteiger partial charge is 0.507 e. The number of phenolic OH excluding ortho intramolecular Hbond substituents is 1. The van der Waals surface area contributed by atoms with Gasteiger partial charge in [-0.1, -0.05) is 45.9 Å². The zero-order valence-electron chi connectivity index (χ0n) is 33.7. The van der Waals surface area contributed by atoms with E-state index in [4.69, 9.17) is 18.9 Å². The quantitative estimate of drug-likeness (QED) is 0.322. The van der Waals surface area contributed by atoms with Gasteiger partial charge in [0, 0.05) is 81.7 Å². The summed E-state index contributed by atoms with van der Waals surface area (Å²) in [7, 11) is 1.42. The number of allylic oxidation sites excluding steroid dienone is 4. The van der Waals surface area contributed by atoms with E-state index in [0.717, 1.165) is 6.26 Å². The molecule has 0 saturated carbocycles. The molecule has 0 radical (unpaired) electrons. The second-order valence-corrected chi connectivity index (χ2v) is 15.5. The highest BCUT2D eigenvalue weighted by Crippen LogP contribution is 2.49. The molecule has 4 N–H and O–H groups in total. The number of ether oxygens (including phenoxy) is 4. The minimum Gasteiger partial charge on any atom is -0.507 e. The highest BCUT2D eigenvalue weighted by Gasteiger charge is 2.53. The van der Waals surface area contributed by atoms with Gasteiger partial charge in [-0.2, -0.15) is 0 Å². The number of aliphatic hydroxyl groups is 2. The summed E-state index contributed by atoms with van der Waals surface area (Å²) in [4.78, 5) is 83.2. The number of hydrogen-bond donors (Lipinski definition) is 4. The number of phenols is 1. The van der Waals surface area contributed by atoms with Crippen molar-refractivity contribution >= 4 is 35.0 Å². The first-order valence-corrected chi connectivity index (χ1v) is 19.1. The zero-order valence-corrected chi connectivity index (χ0v) is 33.7. The highest BCUT2D eigenvalue weighted by molar-refractivity contribution is 6.32. The van der Waals surface area contributed by atoms with E-state index >= 15 is 0 Å². The summed E-state index contributed by atoms with van der Waals surface area (Å²) >= 11 is 0. The van der Waals surface area contributed by atoms with Crippen LogP contribution in [0.25, 0.3) is 0 Å². The van der Waals surface area contributed by atoms with Crippen molar-refractivity contribution in [2.45, 2.75) is 98.4 Å². The van der Waals surface area contributed by atoms with Crippen LogP contribution in [-0.2, 0) is 28.6 Å². The molecular weight excluding hydrogens is 740 g/mol. The molecule has 9 atom stereocenters. The summed E-state index contributed by atoms with van der Waals surface area (Å²) < 4.78 is 23.4. The Hall–Kier alpha value is -5.12. The van der Waals surface area contributed by atoms with E-state index in [9.17, 15) is 44.1 Å². The molecule has 0 aromatic heterocycles. The topological polar surface area (TPSA) is 215 Å². The lowest BCUT2D eigenvalue weighted by molar-refractivity contribution is -0.160. The van der Waals surface area contributed by atoms with Gasteiger partial charge in [0.25, 0.3) is 11.7 Å². The Balaban J connectivity index is 1.67. The van der Waals surface area contributed by atoms with Crippen molar-refractivity contribution in [1.82, 2.24) is 10.2 Å². The fourth-order valence-corrected chi connectivity index (χ4v) is 7.96. The number of nitrogens with one attached hydrogen (secondary N) is 1. The molecule has 6 rings (SSSR count). The minimum atomic E-state index is -2.10. The molecule has 1 aromatic rings. The number of carbonyl (C=O) groups excluding carboxylic acids is 6. The van der Waals surface area contributed by atoms with Gasteiger partial charge in [-0.25, -0.2) is 0 Å². The third-order valence-corrected chi connectivity index (χ3v) is 11.6. The number of rotatable bonds is 3. The number of fused-ring (bicyclic) bond motifs is 14. The zero-order chi connectivity index (χ0) is 42.3. The predicted molar refractivity (Wildman–Crippen MR) is 204 cm³/mol. The maximum Gasteiger partial charge on any atom is 0.312 e. The molecule has 0 unspecified atom stereocenters. The lowest BCUT2D eigenvalue weighted by atomic mass is 9.78. The molecule has 1 amide bonds. The van der Waals surface area contributed by atoms with E-state index < -0.39 is 106 Å². The number of esters is 1. The Bertz CT molecular complexity index is 1990. The smallest absolute Gasteiger partial charge is 0.312 e. The van der Waals surface area contributed by atoms with Crippen LogP contribution in [0.3, 0.4) is 0 Å². The van der Waals surface area contributed by atoms with Crippen molar-refractivity contribution in [3.63, 3.8) is 0 Å². The summed E-state index contributed by atoms with van der Waals surface area (Å²) in [6.07, 6.45) is 3.43. The number of aliphatic hydroxyl groups excluding tert-OH is 2. The number of likely N-dealkylation sites (tertiary alicyclic amines) is 1. The van der Waals surface area contributed by atoms with Gasteiger partial charge in [0.15, 0.2) is 0 Å². The van der Waals surface area contributed by atoms with Gasteiger partial charge >= 0.3 is 11.8 Å². The summed E-state index contributed by atoms with van der Waals surface area (Å²) in [5.41, 5.74) is -1.78. The van der Waals surface area contributed by atoms with Crippen LogP contribution in [0.4, 0.5) is 0 Å². The SMILES string of the molecule is CO[C@H]1/C=C/O[C@@]2(C)Oc3c(C)c(O)c4c(c3C2=O)C(=O)C(N2CCC(=O)CC2)=C(NC(=O)/C(C)=C\C=C\[C@@H](C)[C@@H](O)[C@@H](C)[C@@H](O)[C@@H](C)[C@@H](OC(C)=O)[C@@H]1C)C4=O. The van der Waals surface area contributed by atoms with Crippen LogP contribution >= 0.6 is 0 Å². The average molecular weight is 793 g/mol. The first kappa shape index (κ1) is 43.0. The number of Topliss-reactive ketones (excluding diaryl/α,β-unsaturated/α-hetero) is 4. The third kappa shape index (κ3) is 8.05. The Morgan fingerprint density at radius 2 is 1.56 bits per heavy atom. The van der Waals surface area contributed by atoms with Crippen LogP contribution < -0.4 is 10.1 Å². The van der Waals surface area contributed by atoms with Crippen LogP contribution in [0.1, 0.15) is 97.9 Å². The number of ketones is 4. The van der Waals surface area contributed by atoms with Crippen molar-refractivity contribution in [3.05, 3.63) is 69.8 Å². The van der Waals surface area contributed by atoms with Crippen molar-refractivity contribution < 1.29 is 63.0 Å². The van der Waals surface area contributed by atoms with E-state index in [1.165, 1.54) is 51.9 Å². The van der Waals surface area contributed by atoms with Crippen LogP contribution in [0.5, 0.6) is 11.5 Å². The number of carbonyl (C=O) groups is 6. The molecule has 1 saturated heterocycles. The van der Waals surface area contributed by atoms with Crippen molar-refractivity contribution in [2.75, 3.05) is 20.2 Å². The predicted octanol–water partition coefficient (Wildman–Crippen LogP) is 3.62. The first-order valence-electron chi connectivity index (χ1n) is 19.1. The van der Waals surface area contributed by atoms with Gasteiger partial charge < -0.3 is 44.5 Å². The first-order chi connectivity index (χ1) is 26.7. The fourth-order valence-electron chi connectivity index (χ4n) is 7.96. The van der Waals surface area contributed by atoms with Gasteiger partial charge in [-0.15, -0.1) is 0 Å². The molecule has 1 aliphatic carbocycles. The Labute approximate surface area is 331 Å². The number of aromatic hydroxyl groups is 1. The molecule has 1 fully saturated rings.